The van der Waals surface area contributed by atoms with Gasteiger partial charge in [-0.05, 0) is 24.7 Å². The Hall–Kier alpha value is -1.04. The molecule has 1 rings (SSSR count). The Morgan fingerprint density at radius 1 is 1.62 bits per heavy atom. The Morgan fingerprint density at radius 2 is 2.19 bits per heavy atom. The van der Waals surface area contributed by atoms with E-state index >= 15 is 0 Å². The summed E-state index contributed by atoms with van der Waals surface area (Å²) in [5.74, 6) is 1.04. The van der Waals surface area contributed by atoms with E-state index in [1.54, 1.807) is 4.90 Å². The molecule has 1 fully saturated rings. The van der Waals surface area contributed by atoms with Crippen LogP contribution in [0.3, 0.4) is 0 Å². The van der Waals surface area contributed by atoms with Crippen molar-refractivity contribution in [1.82, 2.24) is 4.90 Å². The minimum atomic E-state index is -0.707. The van der Waals surface area contributed by atoms with Crippen molar-refractivity contribution >= 4 is 5.91 Å². The zero-order valence-electron chi connectivity index (χ0n) is 10.8. The van der Waals surface area contributed by atoms with Crippen molar-refractivity contribution in [2.45, 2.75) is 40.0 Å². The van der Waals surface area contributed by atoms with Crippen LogP contribution in [-0.2, 0) is 4.79 Å². The van der Waals surface area contributed by atoms with Crippen LogP contribution in [0.5, 0.6) is 0 Å². The maximum absolute atomic E-state index is 12.2. The van der Waals surface area contributed by atoms with Crippen LogP contribution < -0.4 is 0 Å². The van der Waals surface area contributed by atoms with Gasteiger partial charge in [0.2, 0.25) is 5.91 Å². The van der Waals surface area contributed by atoms with E-state index in [1.165, 1.54) is 0 Å². The molecule has 0 aliphatic heterocycles. The van der Waals surface area contributed by atoms with E-state index in [2.05, 4.69) is 26.8 Å². The molecule has 0 radical (unpaired) electrons. The zero-order valence-corrected chi connectivity index (χ0v) is 10.8. The number of rotatable bonds is 4. The van der Waals surface area contributed by atoms with Gasteiger partial charge < -0.3 is 4.90 Å². The fourth-order valence-corrected chi connectivity index (χ4v) is 2.49. The second-order valence-electron chi connectivity index (χ2n) is 5.41. The molecule has 1 unspecified atom stereocenters. The van der Waals surface area contributed by atoms with Gasteiger partial charge in [0.25, 0.3) is 0 Å². The van der Waals surface area contributed by atoms with Gasteiger partial charge >= 0.3 is 0 Å². The summed E-state index contributed by atoms with van der Waals surface area (Å²) in [5, 5.41) is 9.17. The number of nitrogens with zero attached hydrogens (tertiary/aromatic N) is 2. The summed E-state index contributed by atoms with van der Waals surface area (Å²) in [4.78, 5) is 13.9. The van der Waals surface area contributed by atoms with Crippen molar-refractivity contribution < 1.29 is 4.79 Å². The van der Waals surface area contributed by atoms with Crippen molar-refractivity contribution in [3.63, 3.8) is 0 Å². The number of hydrogen-bond donors (Lipinski definition) is 0. The van der Waals surface area contributed by atoms with E-state index in [9.17, 15) is 4.79 Å². The molecule has 90 valence electrons. The number of carbonyl (C=O) groups excluding carboxylic acids is 1. The van der Waals surface area contributed by atoms with Crippen LogP contribution in [-0.4, -0.2) is 24.4 Å². The topological polar surface area (TPSA) is 44.1 Å². The number of carbonyl (C=O) groups is 1. The molecule has 3 heteroatoms. The van der Waals surface area contributed by atoms with Crippen LogP contribution in [0, 0.1) is 28.6 Å². The fraction of sp³-hybridized carbons (Fsp3) is 0.846. The molecule has 3 nitrogen and oxygen atoms in total. The average molecular weight is 222 g/mol. The first-order valence-electron chi connectivity index (χ1n) is 6.12. The molecule has 1 saturated carbocycles. The monoisotopic (exact) mass is 222 g/mol. The summed E-state index contributed by atoms with van der Waals surface area (Å²) >= 11 is 0. The van der Waals surface area contributed by atoms with Crippen LogP contribution in [0.25, 0.3) is 0 Å². The highest BCUT2D eigenvalue weighted by Crippen LogP contribution is 2.46. The number of amides is 1. The Labute approximate surface area is 98.4 Å². The van der Waals surface area contributed by atoms with Crippen molar-refractivity contribution in [2.24, 2.45) is 17.3 Å². The van der Waals surface area contributed by atoms with Gasteiger partial charge in [-0.1, -0.05) is 27.2 Å². The molecule has 1 aliphatic rings. The molecule has 1 amide bonds. The van der Waals surface area contributed by atoms with Crippen LogP contribution in [0.2, 0.25) is 0 Å². The maximum Gasteiger partial charge on any atom is 0.242 e. The lowest BCUT2D eigenvalue weighted by Gasteiger charge is -2.41. The van der Waals surface area contributed by atoms with Gasteiger partial charge in [-0.25, -0.2) is 0 Å². The van der Waals surface area contributed by atoms with Gasteiger partial charge in [0.05, 0.1) is 6.07 Å². The van der Waals surface area contributed by atoms with Gasteiger partial charge in [-0.3, -0.25) is 4.79 Å². The lowest BCUT2D eigenvalue weighted by molar-refractivity contribution is -0.144. The first kappa shape index (κ1) is 13.0. The van der Waals surface area contributed by atoms with E-state index in [0.717, 1.165) is 25.8 Å². The van der Waals surface area contributed by atoms with Crippen molar-refractivity contribution in [3.05, 3.63) is 0 Å². The Kier molecular flexibility index (Phi) is 3.96. The quantitative estimate of drug-likeness (QED) is 0.733. The summed E-state index contributed by atoms with van der Waals surface area (Å²) in [7, 11) is 1.82. The maximum atomic E-state index is 12.2. The van der Waals surface area contributed by atoms with Gasteiger partial charge in [0.1, 0.15) is 5.41 Å². The summed E-state index contributed by atoms with van der Waals surface area (Å²) in [6, 6.07) is 2.23. The van der Waals surface area contributed by atoms with E-state index in [1.807, 2.05) is 7.05 Å². The van der Waals surface area contributed by atoms with Crippen molar-refractivity contribution in [2.75, 3.05) is 13.6 Å². The minimum Gasteiger partial charge on any atom is -0.344 e. The molecule has 0 heterocycles. The zero-order chi connectivity index (χ0) is 12.3. The first-order chi connectivity index (χ1) is 7.45. The van der Waals surface area contributed by atoms with Crippen molar-refractivity contribution in [3.8, 4) is 6.07 Å². The first-order valence-corrected chi connectivity index (χ1v) is 6.12. The number of nitriles is 1. The summed E-state index contributed by atoms with van der Waals surface area (Å²) < 4.78 is 0. The smallest absolute Gasteiger partial charge is 0.242 e. The average Bonchev–Trinajstić information content (AvgIpc) is 2.23. The lowest BCUT2D eigenvalue weighted by Crippen LogP contribution is -2.49. The van der Waals surface area contributed by atoms with Gasteiger partial charge in [-0.2, -0.15) is 5.26 Å². The second-order valence-corrected chi connectivity index (χ2v) is 5.41. The van der Waals surface area contributed by atoms with E-state index < -0.39 is 5.41 Å². The largest absolute Gasteiger partial charge is 0.344 e. The third-order valence-corrected chi connectivity index (χ3v) is 3.65. The molecule has 0 saturated heterocycles. The third kappa shape index (κ3) is 2.37. The summed E-state index contributed by atoms with van der Waals surface area (Å²) in [6.45, 7) is 7.10. The van der Waals surface area contributed by atoms with Gasteiger partial charge in [0.15, 0.2) is 0 Å². The molecule has 0 aromatic heterocycles. The molecular formula is C13H22N2O. The summed E-state index contributed by atoms with van der Waals surface area (Å²) in [6.07, 6.45) is 2.52. The fourth-order valence-electron chi connectivity index (χ4n) is 2.49. The normalized spacial score (nSPS) is 30.1. The van der Waals surface area contributed by atoms with Crippen LogP contribution in [0.4, 0.5) is 0 Å². The Bertz CT molecular complexity index is 300. The standard InChI is InChI=1S/C13H22N2O/c1-5-10(2)8-15(4)12(16)13(9-14)6-11(3)7-13/h10-11H,5-8H2,1-4H3. The summed E-state index contributed by atoms with van der Waals surface area (Å²) in [5.41, 5.74) is -0.707. The highest BCUT2D eigenvalue weighted by atomic mass is 16.2. The molecule has 1 aliphatic carbocycles. The molecule has 16 heavy (non-hydrogen) atoms. The number of hydrogen-bond acceptors (Lipinski definition) is 2. The highest BCUT2D eigenvalue weighted by Gasteiger charge is 2.50. The second kappa shape index (κ2) is 4.86. The molecular weight excluding hydrogens is 200 g/mol. The van der Waals surface area contributed by atoms with E-state index in [4.69, 9.17) is 5.26 Å². The molecule has 0 aromatic carbocycles. The molecule has 0 aromatic rings. The molecule has 0 spiro atoms. The predicted octanol–water partition coefficient (Wildman–Crippen LogP) is 2.43. The minimum absolute atomic E-state index is 0.0217. The SMILES string of the molecule is CCC(C)CN(C)C(=O)C1(C#N)CC(C)C1. The van der Waals surface area contributed by atoms with Crippen molar-refractivity contribution in [1.29, 1.82) is 5.26 Å². The van der Waals surface area contributed by atoms with Gasteiger partial charge in [-0.15, -0.1) is 0 Å². The van der Waals surface area contributed by atoms with Crippen LogP contribution in [0.15, 0.2) is 0 Å². The lowest BCUT2D eigenvalue weighted by atomic mass is 9.63. The van der Waals surface area contributed by atoms with E-state index in [-0.39, 0.29) is 5.91 Å². The predicted molar refractivity (Wildman–Crippen MR) is 63.5 cm³/mol. The third-order valence-electron chi connectivity index (χ3n) is 3.65. The Morgan fingerprint density at radius 3 is 2.56 bits per heavy atom. The molecule has 0 N–H and O–H groups in total. The highest BCUT2D eigenvalue weighted by molar-refractivity contribution is 5.86. The Balaban J connectivity index is 2.60. The van der Waals surface area contributed by atoms with Gasteiger partial charge in [0, 0.05) is 13.6 Å². The molecule has 0 bridgehead atoms. The van der Waals surface area contributed by atoms with E-state index in [0.29, 0.717) is 11.8 Å². The van der Waals surface area contributed by atoms with Crippen LogP contribution in [0.1, 0.15) is 40.0 Å². The molecule has 1 atom stereocenters. The van der Waals surface area contributed by atoms with Crippen LogP contribution >= 0.6 is 0 Å².